The van der Waals surface area contributed by atoms with Gasteiger partial charge in [-0.25, -0.2) is 14.3 Å². The number of hydrogen-bond acceptors (Lipinski definition) is 6. The largest absolute Gasteiger partial charge is 0.444 e. The third kappa shape index (κ3) is 4.96. The van der Waals surface area contributed by atoms with E-state index in [4.69, 9.17) is 4.74 Å². The second-order valence-corrected chi connectivity index (χ2v) is 10.6. The molecule has 37 heavy (non-hydrogen) atoms. The molecule has 1 aliphatic heterocycles. The van der Waals surface area contributed by atoms with Gasteiger partial charge in [0.1, 0.15) is 11.4 Å². The SMILES string of the molecule is Cc1cc2nc(NC(=O)c3ccc(N4CCN(C(=O)OC(C)(C)C)CC4)c4cc(C)[nH]c34)cc(C)n2n1. The molecule has 0 spiro atoms. The van der Waals surface area contributed by atoms with E-state index in [9.17, 15) is 9.59 Å². The van der Waals surface area contributed by atoms with Crippen LogP contribution in [0.25, 0.3) is 16.6 Å². The summed E-state index contributed by atoms with van der Waals surface area (Å²) in [4.78, 5) is 37.7. The zero-order valence-electron chi connectivity index (χ0n) is 22.2. The Morgan fingerprint density at radius 3 is 2.46 bits per heavy atom. The summed E-state index contributed by atoms with van der Waals surface area (Å²) < 4.78 is 7.28. The monoisotopic (exact) mass is 503 g/mol. The van der Waals surface area contributed by atoms with Gasteiger partial charge in [0.15, 0.2) is 5.65 Å². The second-order valence-electron chi connectivity index (χ2n) is 10.6. The smallest absolute Gasteiger partial charge is 0.410 e. The molecule has 4 aromatic rings. The van der Waals surface area contributed by atoms with Crippen molar-refractivity contribution in [3.8, 4) is 0 Å². The van der Waals surface area contributed by atoms with Crippen molar-refractivity contribution in [3.05, 3.63) is 53.0 Å². The van der Waals surface area contributed by atoms with E-state index in [0.717, 1.165) is 33.7 Å². The number of nitrogens with zero attached hydrogens (tertiary/aromatic N) is 5. The highest BCUT2D eigenvalue weighted by Gasteiger charge is 2.27. The minimum absolute atomic E-state index is 0.236. The molecule has 4 heterocycles. The summed E-state index contributed by atoms with van der Waals surface area (Å²) >= 11 is 0. The van der Waals surface area contributed by atoms with Gasteiger partial charge in [0, 0.05) is 60.8 Å². The Morgan fingerprint density at radius 2 is 1.76 bits per heavy atom. The zero-order valence-corrected chi connectivity index (χ0v) is 22.2. The molecule has 1 saturated heterocycles. The number of aromatic nitrogens is 4. The molecule has 0 bridgehead atoms. The first-order valence-corrected chi connectivity index (χ1v) is 12.5. The van der Waals surface area contributed by atoms with Crippen molar-refractivity contribution < 1.29 is 14.3 Å². The highest BCUT2D eigenvalue weighted by atomic mass is 16.6. The molecule has 1 aliphatic rings. The highest BCUT2D eigenvalue weighted by Crippen LogP contribution is 2.31. The molecule has 1 fully saturated rings. The lowest BCUT2D eigenvalue weighted by molar-refractivity contribution is 0.0240. The average Bonchev–Trinajstić information content (AvgIpc) is 3.39. The van der Waals surface area contributed by atoms with Crippen LogP contribution in [0.3, 0.4) is 0 Å². The molecule has 0 radical (unpaired) electrons. The van der Waals surface area contributed by atoms with Crippen molar-refractivity contribution in [2.45, 2.75) is 47.1 Å². The van der Waals surface area contributed by atoms with Crippen molar-refractivity contribution in [1.29, 1.82) is 0 Å². The molecule has 0 saturated carbocycles. The highest BCUT2D eigenvalue weighted by molar-refractivity contribution is 6.14. The second kappa shape index (κ2) is 9.10. The van der Waals surface area contributed by atoms with Crippen LogP contribution >= 0.6 is 0 Å². The van der Waals surface area contributed by atoms with E-state index in [1.165, 1.54) is 0 Å². The van der Waals surface area contributed by atoms with Crippen molar-refractivity contribution in [1.82, 2.24) is 24.5 Å². The van der Waals surface area contributed by atoms with E-state index >= 15 is 0 Å². The summed E-state index contributed by atoms with van der Waals surface area (Å²) in [5.74, 6) is 0.245. The van der Waals surface area contributed by atoms with Gasteiger partial charge in [-0.05, 0) is 59.7 Å². The number of H-pyrrole nitrogens is 1. The molecular formula is C27H33N7O3. The number of piperazine rings is 1. The molecule has 5 rings (SSSR count). The maximum atomic E-state index is 13.3. The number of aromatic amines is 1. The van der Waals surface area contributed by atoms with Gasteiger partial charge in [-0.2, -0.15) is 5.10 Å². The topological polar surface area (TPSA) is 108 Å². The lowest BCUT2D eigenvalue weighted by atomic mass is 10.1. The number of carbonyl (C=O) groups is 2. The van der Waals surface area contributed by atoms with E-state index in [2.05, 4.69) is 31.3 Å². The van der Waals surface area contributed by atoms with E-state index in [0.29, 0.717) is 43.2 Å². The first-order valence-electron chi connectivity index (χ1n) is 12.5. The van der Waals surface area contributed by atoms with E-state index in [1.807, 2.05) is 65.8 Å². The molecule has 10 heteroatoms. The Kier molecular flexibility index (Phi) is 6.05. The van der Waals surface area contributed by atoms with E-state index in [-0.39, 0.29) is 12.0 Å². The van der Waals surface area contributed by atoms with Crippen LogP contribution in [0.2, 0.25) is 0 Å². The molecule has 0 atom stereocenters. The number of rotatable bonds is 3. The van der Waals surface area contributed by atoms with Gasteiger partial charge in [0.2, 0.25) is 0 Å². The number of amides is 2. The third-order valence-corrected chi connectivity index (χ3v) is 6.39. The molecule has 3 aromatic heterocycles. The van der Waals surface area contributed by atoms with Crippen molar-refractivity contribution in [2.75, 3.05) is 36.4 Å². The quantitative estimate of drug-likeness (QED) is 0.428. The Morgan fingerprint density at radius 1 is 1.03 bits per heavy atom. The summed E-state index contributed by atoms with van der Waals surface area (Å²) in [5, 5.41) is 8.35. The van der Waals surface area contributed by atoms with E-state index < -0.39 is 5.60 Å². The van der Waals surface area contributed by atoms with Gasteiger partial charge in [-0.15, -0.1) is 0 Å². The van der Waals surface area contributed by atoms with Crippen molar-refractivity contribution in [3.63, 3.8) is 0 Å². The van der Waals surface area contributed by atoms with Gasteiger partial charge >= 0.3 is 6.09 Å². The molecule has 2 amide bonds. The van der Waals surface area contributed by atoms with Crippen LogP contribution in [0.4, 0.5) is 16.3 Å². The number of ether oxygens (including phenoxy) is 1. The standard InChI is InChI=1S/C27H33N7O3/c1-16-13-20-21(32-9-11-33(12-10-32)26(36)37-27(4,5)6)8-7-19(24(20)28-16)25(35)30-22-15-18(3)34-23(29-22)14-17(2)31-34/h7-8,13-15,28H,9-12H2,1-6H3,(H,29,30,35). The Hall–Kier alpha value is -4.08. The number of carbonyl (C=O) groups excluding carboxylic acids is 2. The molecular weight excluding hydrogens is 470 g/mol. The summed E-state index contributed by atoms with van der Waals surface area (Å²) in [6, 6.07) is 9.58. The molecule has 194 valence electrons. The Balaban J connectivity index is 1.37. The summed E-state index contributed by atoms with van der Waals surface area (Å²) in [7, 11) is 0. The fourth-order valence-corrected chi connectivity index (χ4v) is 4.75. The maximum Gasteiger partial charge on any atom is 0.410 e. The van der Waals surface area contributed by atoms with Crippen molar-refractivity contribution in [2.24, 2.45) is 0 Å². The van der Waals surface area contributed by atoms with Gasteiger partial charge in [-0.3, -0.25) is 4.79 Å². The number of hydrogen-bond donors (Lipinski definition) is 2. The molecule has 0 unspecified atom stereocenters. The van der Waals surface area contributed by atoms with Crippen LogP contribution in [-0.4, -0.2) is 68.3 Å². The summed E-state index contributed by atoms with van der Waals surface area (Å²) in [5.41, 5.74) is 5.24. The van der Waals surface area contributed by atoms with E-state index in [1.54, 1.807) is 9.42 Å². The number of fused-ring (bicyclic) bond motifs is 2. The van der Waals surface area contributed by atoms with Crippen LogP contribution in [0.15, 0.2) is 30.3 Å². The van der Waals surface area contributed by atoms with Crippen molar-refractivity contribution >= 4 is 40.1 Å². The molecule has 2 N–H and O–H groups in total. The van der Waals surface area contributed by atoms with Crippen LogP contribution in [0, 0.1) is 20.8 Å². The third-order valence-electron chi connectivity index (χ3n) is 6.39. The zero-order chi connectivity index (χ0) is 26.5. The predicted octanol–water partition coefficient (Wildman–Crippen LogP) is 4.45. The lowest BCUT2D eigenvalue weighted by Crippen LogP contribution is -2.50. The Labute approximate surface area is 215 Å². The van der Waals surface area contributed by atoms with Crippen LogP contribution in [0.5, 0.6) is 0 Å². The van der Waals surface area contributed by atoms with Gasteiger partial charge < -0.3 is 24.8 Å². The maximum absolute atomic E-state index is 13.3. The molecule has 0 aliphatic carbocycles. The minimum atomic E-state index is -0.517. The fraction of sp³-hybridized carbons (Fsp3) is 0.407. The summed E-state index contributed by atoms with van der Waals surface area (Å²) in [6.07, 6.45) is -0.282. The summed E-state index contributed by atoms with van der Waals surface area (Å²) in [6.45, 7) is 13.9. The lowest BCUT2D eigenvalue weighted by Gasteiger charge is -2.37. The molecule has 10 nitrogen and oxygen atoms in total. The number of aryl methyl sites for hydroxylation is 3. The first-order chi connectivity index (χ1) is 17.5. The average molecular weight is 504 g/mol. The number of anilines is 2. The van der Waals surface area contributed by atoms with Gasteiger partial charge in [0.25, 0.3) is 5.91 Å². The first kappa shape index (κ1) is 24.6. The Bertz CT molecular complexity index is 1500. The molecule has 1 aromatic carbocycles. The van der Waals surface area contributed by atoms with Crippen LogP contribution in [-0.2, 0) is 4.74 Å². The normalized spacial score (nSPS) is 14.4. The number of nitrogens with one attached hydrogen (secondary N) is 2. The number of benzene rings is 1. The fourth-order valence-electron chi connectivity index (χ4n) is 4.75. The minimum Gasteiger partial charge on any atom is -0.444 e. The van der Waals surface area contributed by atoms with Gasteiger partial charge in [-0.1, -0.05) is 0 Å². The van der Waals surface area contributed by atoms with Crippen LogP contribution in [0.1, 0.15) is 48.2 Å². The van der Waals surface area contributed by atoms with Gasteiger partial charge in [0.05, 0.1) is 16.8 Å². The predicted molar refractivity (Wildman–Crippen MR) is 143 cm³/mol. The van der Waals surface area contributed by atoms with Crippen LogP contribution < -0.4 is 10.2 Å².